The van der Waals surface area contributed by atoms with Crippen molar-refractivity contribution in [1.29, 1.82) is 0 Å². The van der Waals surface area contributed by atoms with Crippen molar-refractivity contribution in [3.8, 4) is 5.75 Å². The third-order valence-corrected chi connectivity index (χ3v) is 3.74. The van der Waals surface area contributed by atoms with E-state index in [9.17, 15) is 9.59 Å². The minimum atomic E-state index is -0.256. The van der Waals surface area contributed by atoms with Gasteiger partial charge in [-0.3, -0.25) is 9.59 Å². The van der Waals surface area contributed by atoms with Crippen LogP contribution in [0.4, 0.5) is 11.4 Å². The predicted octanol–water partition coefficient (Wildman–Crippen LogP) is 3.10. The van der Waals surface area contributed by atoms with Crippen LogP contribution < -0.4 is 15.4 Å². The Kier molecular flexibility index (Phi) is 6.25. The quantitative estimate of drug-likeness (QED) is 0.829. The number of hydrogen-bond donors (Lipinski definition) is 2. The van der Waals surface area contributed by atoms with Crippen molar-refractivity contribution in [1.82, 2.24) is 4.90 Å². The van der Waals surface area contributed by atoms with Crippen LogP contribution in [0.3, 0.4) is 0 Å². The van der Waals surface area contributed by atoms with E-state index < -0.39 is 0 Å². The predicted molar refractivity (Wildman–Crippen MR) is 99.6 cm³/mol. The van der Waals surface area contributed by atoms with Crippen molar-refractivity contribution in [3.05, 3.63) is 53.1 Å². The van der Waals surface area contributed by atoms with Crippen LogP contribution in [0.5, 0.6) is 5.75 Å². The van der Waals surface area contributed by atoms with E-state index in [1.165, 1.54) is 4.90 Å². The van der Waals surface area contributed by atoms with E-state index in [-0.39, 0.29) is 18.4 Å². The van der Waals surface area contributed by atoms with E-state index >= 15 is 0 Å². The lowest BCUT2D eigenvalue weighted by Crippen LogP contribution is -2.23. The molecule has 0 saturated heterocycles. The fraction of sp³-hybridized carbons (Fsp3) is 0.222. The lowest BCUT2D eigenvalue weighted by atomic mass is 10.2. The first-order valence-corrected chi connectivity index (χ1v) is 7.97. The number of ether oxygens (including phenoxy) is 1. The van der Waals surface area contributed by atoms with Crippen molar-refractivity contribution < 1.29 is 14.3 Å². The Morgan fingerprint density at radius 2 is 1.92 bits per heavy atom. The van der Waals surface area contributed by atoms with Crippen molar-refractivity contribution in [2.45, 2.75) is 0 Å². The summed E-state index contributed by atoms with van der Waals surface area (Å²) >= 11 is 6.09. The average molecular weight is 362 g/mol. The molecule has 0 saturated carbocycles. The van der Waals surface area contributed by atoms with Crippen LogP contribution in [0, 0.1) is 0 Å². The molecule has 0 aliphatic carbocycles. The summed E-state index contributed by atoms with van der Waals surface area (Å²) < 4.78 is 5.13. The van der Waals surface area contributed by atoms with E-state index in [0.29, 0.717) is 27.7 Å². The Bertz CT molecular complexity index is 778. The van der Waals surface area contributed by atoms with E-state index in [1.54, 1.807) is 63.7 Å². The van der Waals surface area contributed by atoms with Gasteiger partial charge in [0.15, 0.2) is 0 Å². The number of carbonyl (C=O) groups is 2. The smallest absolute Gasteiger partial charge is 0.253 e. The Morgan fingerprint density at radius 3 is 2.60 bits per heavy atom. The molecule has 0 atom stereocenters. The monoisotopic (exact) mass is 361 g/mol. The maximum absolute atomic E-state index is 12.1. The summed E-state index contributed by atoms with van der Waals surface area (Å²) in [5.41, 5.74) is 1.66. The van der Waals surface area contributed by atoms with Crippen LogP contribution >= 0.6 is 11.6 Å². The molecule has 132 valence electrons. The number of methoxy groups -OCH3 is 1. The van der Waals surface area contributed by atoms with E-state index in [0.717, 1.165) is 0 Å². The molecule has 2 rings (SSSR count). The third-order valence-electron chi connectivity index (χ3n) is 3.41. The zero-order valence-corrected chi connectivity index (χ0v) is 15.1. The van der Waals surface area contributed by atoms with Crippen LogP contribution in [0.1, 0.15) is 10.4 Å². The van der Waals surface area contributed by atoms with Crippen LogP contribution in [-0.2, 0) is 4.79 Å². The van der Waals surface area contributed by atoms with Crippen LogP contribution in [-0.4, -0.2) is 44.5 Å². The standard InChI is InChI=1S/C18H20ClN3O3/c1-22(2)18(24)12-5-4-6-13(9-12)21-17(23)11-20-16-10-14(25-3)7-8-15(16)19/h4-10,20H,11H2,1-3H3,(H,21,23). The number of nitrogens with zero attached hydrogens (tertiary/aromatic N) is 1. The highest BCUT2D eigenvalue weighted by Crippen LogP contribution is 2.26. The number of rotatable bonds is 6. The number of halogens is 1. The molecular weight excluding hydrogens is 342 g/mol. The van der Waals surface area contributed by atoms with Gasteiger partial charge in [0.25, 0.3) is 5.91 Å². The highest BCUT2D eigenvalue weighted by Gasteiger charge is 2.10. The zero-order valence-electron chi connectivity index (χ0n) is 14.3. The molecule has 2 amide bonds. The molecule has 0 aromatic heterocycles. The third kappa shape index (κ3) is 5.12. The van der Waals surface area contributed by atoms with Gasteiger partial charge in [0.05, 0.1) is 24.4 Å². The number of benzene rings is 2. The molecule has 0 radical (unpaired) electrons. The van der Waals surface area contributed by atoms with Crippen molar-refractivity contribution >= 4 is 34.8 Å². The maximum Gasteiger partial charge on any atom is 0.253 e. The average Bonchev–Trinajstić information content (AvgIpc) is 2.60. The molecule has 2 N–H and O–H groups in total. The van der Waals surface area contributed by atoms with Gasteiger partial charge in [0.2, 0.25) is 5.91 Å². The Balaban J connectivity index is 1.99. The van der Waals surface area contributed by atoms with Gasteiger partial charge in [-0.15, -0.1) is 0 Å². The summed E-state index contributed by atoms with van der Waals surface area (Å²) in [6.45, 7) is 0.0265. The van der Waals surface area contributed by atoms with Gasteiger partial charge >= 0.3 is 0 Å². The molecule has 0 aliphatic rings. The minimum Gasteiger partial charge on any atom is -0.497 e. The number of carbonyl (C=O) groups excluding carboxylic acids is 2. The summed E-state index contributed by atoms with van der Waals surface area (Å²) in [5, 5.41) is 6.20. The fourth-order valence-electron chi connectivity index (χ4n) is 2.14. The minimum absolute atomic E-state index is 0.0265. The number of anilines is 2. The van der Waals surface area contributed by atoms with Gasteiger partial charge < -0.3 is 20.3 Å². The van der Waals surface area contributed by atoms with Crippen molar-refractivity contribution in [2.24, 2.45) is 0 Å². The maximum atomic E-state index is 12.1. The number of amides is 2. The van der Waals surface area contributed by atoms with Gasteiger partial charge in [0.1, 0.15) is 5.75 Å². The van der Waals surface area contributed by atoms with Crippen molar-refractivity contribution in [3.63, 3.8) is 0 Å². The Hall–Kier alpha value is -2.73. The molecule has 0 aliphatic heterocycles. The number of nitrogens with one attached hydrogen (secondary N) is 2. The second-order valence-corrected chi connectivity index (χ2v) is 5.94. The van der Waals surface area contributed by atoms with Gasteiger partial charge in [-0.2, -0.15) is 0 Å². The largest absolute Gasteiger partial charge is 0.497 e. The van der Waals surface area contributed by atoms with Gasteiger partial charge in [-0.25, -0.2) is 0 Å². The molecule has 7 heteroatoms. The molecule has 0 bridgehead atoms. The summed E-state index contributed by atoms with van der Waals surface area (Å²) in [7, 11) is 4.91. The zero-order chi connectivity index (χ0) is 18.4. The first kappa shape index (κ1) is 18.6. The second kappa shape index (κ2) is 8.39. The van der Waals surface area contributed by atoms with Crippen LogP contribution in [0.15, 0.2) is 42.5 Å². The molecule has 2 aromatic rings. The SMILES string of the molecule is COc1ccc(Cl)c(NCC(=O)Nc2cccc(C(=O)N(C)C)c2)c1. The molecule has 0 unspecified atom stereocenters. The number of hydrogen-bond acceptors (Lipinski definition) is 4. The highest BCUT2D eigenvalue weighted by molar-refractivity contribution is 6.33. The van der Waals surface area contributed by atoms with Gasteiger partial charge in [0, 0.05) is 31.4 Å². The molecule has 0 fully saturated rings. The van der Waals surface area contributed by atoms with Crippen LogP contribution in [0.25, 0.3) is 0 Å². The molecule has 0 spiro atoms. The van der Waals surface area contributed by atoms with E-state index in [4.69, 9.17) is 16.3 Å². The lowest BCUT2D eigenvalue weighted by Gasteiger charge is -2.13. The second-order valence-electron chi connectivity index (χ2n) is 5.53. The first-order valence-electron chi connectivity index (χ1n) is 7.59. The topological polar surface area (TPSA) is 70.7 Å². The van der Waals surface area contributed by atoms with Crippen molar-refractivity contribution in [2.75, 3.05) is 38.4 Å². The molecule has 6 nitrogen and oxygen atoms in total. The molecular formula is C18H20ClN3O3. The summed E-state index contributed by atoms with van der Waals surface area (Å²) in [6, 6.07) is 11.9. The summed E-state index contributed by atoms with van der Waals surface area (Å²) in [6.07, 6.45) is 0. The van der Waals surface area contributed by atoms with E-state index in [1.807, 2.05) is 0 Å². The lowest BCUT2D eigenvalue weighted by molar-refractivity contribution is -0.114. The fourth-order valence-corrected chi connectivity index (χ4v) is 2.32. The van der Waals surface area contributed by atoms with Gasteiger partial charge in [-0.1, -0.05) is 17.7 Å². The summed E-state index contributed by atoms with van der Waals surface area (Å²) in [4.78, 5) is 25.6. The molecule has 2 aromatic carbocycles. The van der Waals surface area contributed by atoms with E-state index in [2.05, 4.69) is 10.6 Å². The Morgan fingerprint density at radius 1 is 1.16 bits per heavy atom. The van der Waals surface area contributed by atoms with Gasteiger partial charge in [-0.05, 0) is 30.3 Å². The first-order chi connectivity index (χ1) is 11.9. The Labute approximate surface area is 151 Å². The van der Waals surface area contributed by atoms with Crippen LogP contribution in [0.2, 0.25) is 5.02 Å². The highest BCUT2D eigenvalue weighted by atomic mass is 35.5. The molecule has 25 heavy (non-hydrogen) atoms. The normalized spacial score (nSPS) is 10.1. The molecule has 0 heterocycles. The summed E-state index contributed by atoms with van der Waals surface area (Å²) in [5.74, 6) is 0.257.